The fraction of sp³-hybridized carbons (Fsp3) is 0.100. The lowest BCUT2D eigenvalue weighted by Crippen LogP contribution is -1.94. The van der Waals surface area contributed by atoms with Gasteiger partial charge in [-0.1, -0.05) is 0 Å². The van der Waals surface area contributed by atoms with Gasteiger partial charge in [0.15, 0.2) is 0 Å². The second-order valence-electron chi connectivity index (χ2n) is 2.85. The van der Waals surface area contributed by atoms with E-state index >= 15 is 0 Å². The minimum atomic E-state index is 0.717. The smallest absolute Gasteiger partial charge is 0.0951 e. The van der Waals surface area contributed by atoms with Crippen molar-refractivity contribution in [2.45, 2.75) is 0 Å². The molecule has 2 rings (SSSR count). The lowest BCUT2D eigenvalue weighted by Gasteiger charge is -2.06. The minimum Gasteiger partial charge on any atom is -0.397 e. The van der Waals surface area contributed by atoms with Crippen molar-refractivity contribution in [3.63, 3.8) is 0 Å². The second kappa shape index (κ2) is 2.94. The van der Waals surface area contributed by atoms with Crippen LogP contribution in [0.3, 0.4) is 0 Å². The average Bonchev–Trinajstić information content (AvgIpc) is 2.19. The molecule has 0 aliphatic heterocycles. The molecular weight excluding hydrogens is 162 g/mol. The van der Waals surface area contributed by atoms with Crippen molar-refractivity contribution < 1.29 is 0 Å². The number of anilines is 2. The normalized spacial score (nSPS) is 10.2. The first-order chi connectivity index (χ1) is 6.33. The number of aromatic nitrogens is 1. The maximum Gasteiger partial charge on any atom is 0.0951 e. The van der Waals surface area contributed by atoms with Gasteiger partial charge in [0.2, 0.25) is 0 Å². The van der Waals surface area contributed by atoms with Crippen LogP contribution in [0.4, 0.5) is 11.4 Å². The maximum absolute atomic E-state index is 5.79. The van der Waals surface area contributed by atoms with Crippen molar-refractivity contribution in [3.8, 4) is 0 Å². The molecule has 1 heterocycles. The maximum atomic E-state index is 5.79. The van der Waals surface area contributed by atoms with Crippen LogP contribution in [0.2, 0.25) is 0 Å². The van der Waals surface area contributed by atoms with E-state index in [9.17, 15) is 0 Å². The highest BCUT2D eigenvalue weighted by atomic mass is 14.8. The molecule has 0 saturated heterocycles. The third kappa shape index (κ3) is 1.18. The zero-order valence-electron chi connectivity index (χ0n) is 7.41. The number of fused-ring (bicyclic) bond motifs is 1. The predicted molar refractivity (Wildman–Crippen MR) is 55.7 cm³/mol. The van der Waals surface area contributed by atoms with E-state index in [0.717, 1.165) is 22.3 Å². The molecule has 3 heteroatoms. The van der Waals surface area contributed by atoms with Gasteiger partial charge in [0.25, 0.3) is 0 Å². The predicted octanol–water partition coefficient (Wildman–Crippen LogP) is 1.86. The second-order valence-corrected chi connectivity index (χ2v) is 2.85. The Morgan fingerprint density at radius 2 is 2.15 bits per heavy atom. The van der Waals surface area contributed by atoms with E-state index < -0.39 is 0 Å². The fourth-order valence-corrected chi connectivity index (χ4v) is 1.41. The van der Waals surface area contributed by atoms with E-state index in [0.29, 0.717) is 0 Å². The van der Waals surface area contributed by atoms with Crippen LogP contribution in [-0.4, -0.2) is 12.0 Å². The van der Waals surface area contributed by atoms with Gasteiger partial charge in [0.1, 0.15) is 0 Å². The van der Waals surface area contributed by atoms with Gasteiger partial charge in [-0.25, -0.2) is 0 Å². The van der Waals surface area contributed by atoms with Gasteiger partial charge < -0.3 is 11.1 Å². The van der Waals surface area contributed by atoms with Crippen LogP contribution in [0, 0.1) is 0 Å². The van der Waals surface area contributed by atoms with Gasteiger partial charge in [-0.15, -0.1) is 0 Å². The highest BCUT2D eigenvalue weighted by molar-refractivity contribution is 5.98. The van der Waals surface area contributed by atoms with Gasteiger partial charge in [-0.3, -0.25) is 4.98 Å². The van der Waals surface area contributed by atoms with E-state index in [4.69, 9.17) is 5.73 Å². The highest BCUT2D eigenvalue weighted by Crippen LogP contribution is 2.25. The zero-order chi connectivity index (χ0) is 9.26. The van der Waals surface area contributed by atoms with Gasteiger partial charge in [0, 0.05) is 24.3 Å². The molecule has 0 spiro atoms. The summed E-state index contributed by atoms with van der Waals surface area (Å²) >= 11 is 0. The van der Waals surface area contributed by atoms with E-state index in [2.05, 4.69) is 10.3 Å². The van der Waals surface area contributed by atoms with Crippen molar-refractivity contribution in [3.05, 3.63) is 30.5 Å². The van der Waals surface area contributed by atoms with Crippen LogP contribution in [0.1, 0.15) is 0 Å². The molecule has 0 aliphatic rings. The summed E-state index contributed by atoms with van der Waals surface area (Å²) in [6.45, 7) is 0. The standard InChI is InChI=1S/C10H11N3/c1-12-9-5-4-8(11)10-7(9)3-2-6-13-10/h2-6,12H,11H2,1H3. The Bertz CT molecular complexity index is 437. The third-order valence-electron chi connectivity index (χ3n) is 2.07. The van der Waals surface area contributed by atoms with Crippen LogP contribution in [0.5, 0.6) is 0 Å². The third-order valence-corrected chi connectivity index (χ3v) is 2.07. The Morgan fingerprint density at radius 3 is 2.92 bits per heavy atom. The number of nitrogen functional groups attached to an aromatic ring is 1. The van der Waals surface area contributed by atoms with E-state index in [-0.39, 0.29) is 0 Å². The molecule has 3 nitrogen and oxygen atoms in total. The molecule has 0 aliphatic carbocycles. The largest absolute Gasteiger partial charge is 0.397 e. The van der Waals surface area contributed by atoms with Gasteiger partial charge in [-0.05, 0) is 24.3 Å². The molecule has 0 unspecified atom stereocenters. The lowest BCUT2D eigenvalue weighted by atomic mass is 10.1. The van der Waals surface area contributed by atoms with Crippen molar-refractivity contribution >= 4 is 22.3 Å². The number of pyridine rings is 1. The molecule has 1 aromatic heterocycles. The molecule has 13 heavy (non-hydrogen) atoms. The van der Waals surface area contributed by atoms with Gasteiger partial charge in [0.05, 0.1) is 11.2 Å². The molecule has 0 radical (unpaired) electrons. The Labute approximate surface area is 76.6 Å². The molecular formula is C10H11N3. The number of hydrogen-bond donors (Lipinski definition) is 2. The van der Waals surface area contributed by atoms with Crippen LogP contribution < -0.4 is 11.1 Å². The summed E-state index contributed by atoms with van der Waals surface area (Å²) in [6.07, 6.45) is 1.75. The summed E-state index contributed by atoms with van der Waals surface area (Å²) in [4.78, 5) is 4.22. The quantitative estimate of drug-likeness (QED) is 0.647. The van der Waals surface area contributed by atoms with Gasteiger partial charge >= 0.3 is 0 Å². The number of nitrogens with two attached hydrogens (primary N) is 1. The first kappa shape index (κ1) is 7.86. The fourth-order valence-electron chi connectivity index (χ4n) is 1.41. The number of hydrogen-bond acceptors (Lipinski definition) is 3. The molecule has 2 aromatic rings. The van der Waals surface area contributed by atoms with Crippen LogP contribution in [-0.2, 0) is 0 Å². The summed E-state index contributed by atoms with van der Waals surface area (Å²) in [6, 6.07) is 7.73. The monoisotopic (exact) mass is 173 g/mol. The molecule has 0 atom stereocenters. The Hall–Kier alpha value is -1.77. The SMILES string of the molecule is CNc1ccc(N)c2ncccc12. The summed E-state index contributed by atoms with van der Waals surface area (Å²) in [5.74, 6) is 0. The van der Waals surface area contributed by atoms with Crippen molar-refractivity contribution in [2.24, 2.45) is 0 Å². The zero-order valence-corrected chi connectivity index (χ0v) is 7.41. The lowest BCUT2D eigenvalue weighted by molar-refractivity contribution is 1.41. The van der Waals surface area contributed by atoms with Crippen LogP contribution in [0.15, 0.2) is 30.5 Å². The molecule has 3 N–H and O–H groups in total. The Balaban J connectivity index is 2.84. The number of nitrogens with zero attached hydrogens (tertiary/aromatic N) is 1. The number of rotatable bonds is 1. The summed E-state index contributed by atoms with van der Waals surface area (Å²) in [5, 5.41) is 4.16. The highest BCUT2D eigenvalue weighted by Gasteiger charge is 2.01. The molecule has 0 saturated carbocycles. The number of nitrogens with one attached hydrogen (secondary N) is 1. The van der Waals surface area contributed by atoms with Crippen molar-refractivity contribution in [1.29, 1.82) is 0 Å². The molecule has 0 bridgehead atoms. The molecule has 0 fully saturated rings. The van der Waals surface area contributed by atoms with Crippen LogP contribution >= 0.6 is 0 Å². The Morgan fingerprint density at radius 1 is 1.31 bits per heavy atom. The molecule has 0 amide bonds. The Kier molecular flexibility index (Phi) is 1.77. The van der Waals surface area contributed by atoms with Crippen molar-refractivity contribution in [1.82, 2.24) is 4.98 Å². The van der Waals surface area contributed by atoms with E-state index in [1.807, 2.05) is 31.3 Å². The average molecular weight is 173 g/mol. The van der Waals surface area contributed by atoms with Crippen molar-refractivity contribution in [2.75, 3.05) is 18.1 Å². The van der Waals surface area contributed by atoms with Gasteiger partial charge in [-0.2, -0.15) is 0 Å². The number of benzene rings is 1. The first-order valence-corrected chi connectivity index (χ1v) is 4.14. The molecule has 66 valence electrons. The molecule has 1 aromatic carbocycles. The van der Waals surface area contributed by atoms with E-state index in [1.165, 1.54) is 0 Å². The topological polar surface area (TPSA) is 50.9 Å². The summed E-state index contributed by atoms with van der Waals surface area (Å²) < 4.78 is 0. The summed E-state index contributed by atoms with van der Waals surface area (Å²) in [5.41, 5.74) is 8.42. The van der Waals surface area contributed by atoms with E-state index in [1.54, 1.807) is 6.20 Å². The minimum absolute atomic E-state index is 0.717. The summed E-state index contributed by atoms with van der Waals surface area (Å²) in [7, 11) is 1.89. The van der Waals surface area contributed by atoms with Crippen LogP contribution in [0.25, 0.3) is 10.9 Å². The first-order valence-electron chi connectivity index (χ1n) is 4.14.